The lowest BCUT2D eigenvalue weighted by atomic mass is 10.0. The Kier molecular flexibility index (Phi) is 56.9. The second kappa shape index (κ2) is 36.2. The Bertz CT molecular complexity index is 236. The summed E-state index contributed by atoms with van der Waals surface area (Å²) < 4.78 is 0. The highest BCUT2D eigenvalue weighted by molar-refractivity contribution is 5.86. The zero-order valence-corrected chi connectivity index (χ0v) is 19.8. The van der Waals surface area contributed by atoms with Crippen LogP contribution in [-0.4, -0.2) is 12.5 Å². The number of unbranched alkanes of at least 4 members (excludes halogenated alkanes) is 12. The zero-order chi connectivity index (χ0) is 15.6. The lowest BCUT2D eigenvalue weighted by Crippen LogP contribution is -2.23. The summed E-state index contributed by atoms with van der Waals surface area (Å²) in [6, 6.07) is 0. The molecule has 166 valence electrons. The molecule has 0 bridgehead atoms. The normalized spacial score (nSPS) is 8.69. The summed E-state index contributed by atoms with van der Waals surface area (Å²) in [5, 5.41) is 2.94. The Morgan fingerprint density at radius 1 is 0.577 bits per heavy atom. The van der Waals surface area contributed by atoms with E-state index in [-0.39, 0.29) is 55.4 Å². The van der Waals surface area contributed by atoms with Gasteiger partial charge < -0.3 is 17.6 Å². The maximum Gasteiger partial charge on any atom is 0.219 e. The van der Waals surface area contributed by atoms with Gasteiger partial charge in [-0.2, -0.15) is 0 Å². The Balaban J connectivity index is -0.000000200. The third-order valence-electron chi connectivity index (χ3n) is 4.08. The summed E-state index contributed by atoms with van der Waals surface area (Å²) in [6.07, 6.45) is 19.4. The van der Waals surface area contributed by atoms with Crippen LogP contribution < -0.4 is 17.6 Å². The van der Waals surface area contributed by atoms with Gasteiger partial charge in [0.05, 0.1) is 0 Å². The van der Waals surface area contributed by atoms with Crippen molar-refractivity contribution in [2.75, 3.05) is 6.54 Å². The minimum Gasteiger partial charge on any atom is -0.356 e. The number of hydrogen-bond acceptors (Lipinski definition) is 3. The molecule has 7 heteroatoms. The average molecular weight is 441 g/mol. The molecular weight excluding hydrogens is 393 g/mol. The van der Waals surface area contributed by atoms with Gasteiger partial charge >= 0.3 is 0 Å². The fourth-order valence-corrected chi connectivity index (χ4v) is 2.66. The van der Waals surface area contributed by atoms with Gasteiger partial charge in [0, 0.05) is 13.0 Å². The molecule has 0 heterocycles. The summed E-state index contributed by atoms with van der Waals surface area (Å²) in [6.45, 7) is 5.19. The maximum atomic E-state index is 11.4. The van der Waals surface area contributed by atoms with E-state index in [1.807, 2.05) is 0 Å². The molecule has 7 N–H and O–H groups in total. The van der Waals surface area contributed by atoms with Crippen LogP contribution in [0.15, 0.2) is 0 Å². The van der Waals surface area contributed by atoms with Crippen LogP contribution in [0.5, 0.6) is 0 Å². The number of carbonyl (C=O) groups is 1. The molecule has 0 aliphatic carbocycles. The summed E-state index contributed by atoms with van der Waals surface area (Å²) in [5.41, 5.74) is 0. The average Bonchev–Trinajstić information content (AvgIpc) is 2.49. The van der Waals surface area contributed by atoms with Crippen LogP contribution in [0.25, 0.3) is 0 Å². The van der Waals surface area contributed by atoms with Crippen molar-refractivity contribution < 1.29 is 4.79 Å². The molecule has 0 unspecified atom stereocenters. The van der Waals surface area contributed by atoms with E-state index >= 15 is 0 Å². The first-order chi connectivity index (χ1) is 10.3. The first-order valence-corrected chi connectivity index (χ1v) is 9.58. The van der Waals surface area contributed by atoms with Crippen molar-refractivity contribution >= 4 is 43.1 Å². The molecule has 4 nitrogen and oxygen atoms in total. The van der Waals surface area contributed by atoms with Crippen molar-refractivity contribution in [3.05, 3.63) is 0 Å². The highest BCUT2D eigenvalue weighted by Gasteiger charge is 1.99. The monoisotopic (exact) mass is 439 g/mol. The van der Waals surface area contributed by atoms with Crippen LogP contribution >= 0.6 is 37.2 Å². The molecule has 0 fully saturated rings. The van der Waals surface area contributed by atoms with Gasteiger partial charge in [-0.1, -0.05) is 90.9 Å². The van der Waals surface area contributed by atoms with Gasteiger partial charge in [-0.05, 0) is 12.8 Å². The summed E-state index contributed by atoms with van der Waals surface area (Å²) in [5.74, 6) is 0.236. The molecule has 1 amide bonds. The van der Waals surface area contributed by atoms with Gasteiger partial charge in [-0.15, -0.1) is 37.2 Å². The predicted molar refractivity (Wildman–Crippen MR) is 125 cm³/mol. The molecule has 0 aromatic rings. The van der Waals surface area contributed by atoms with Gasteiger partial charge in [0.2, 0.25) is 5.91 Å². The summed E-state index contributed by atoms with van der Waals surface area (Å²) >= 11 is 0. The maximum absolute atomic E-state index is 11.4. The van der Waals surface area contributed by atoms with E-state index in [1.54, 1.807) is 0 Å². The predicted octanol–water partition coefficient (Wildman–Crippen LogP) is 7.58. The molecule has 0 aliphatic rings. The largest absolute Gasteiger partial charge is 0.356 e. The summed E-state index contributed by atoms with van der Waals surface area (Å²) in [4.78, 5) is 11.4. The van der Waals surface area contributed by atoms with Crippen molar-refractivity contribution in [3.63, 3.8) is 0 Å². The lowest BCUT2D eigenvalue weighted by molar-refractivity contribution is -0.121. The molecule has 26 heavy (non-hydrogen) atoms. The quantitative estimate of drug-likeness (QED) is 0.215. The van der Waals surface area contributed by atoms with E-state index in [9.17, 15) is 4.79 Å². The number of nitrogens with one attached hydrogen (secondary N) is 1. The van der Waals surface area contributed by atoms with Gasteiger partial charge in [0.15, 0.2) is 0 Å². The fraction of sp³-hybridized carbons (Fsp3) is 0.947. The van der Waals surface area contributed by atoms with Crippen LogP contribution in [0, 0.1) is 0 Å². The van der Waals surface area contributed by atoms with Crippen molar-refractivity contribution in [2.45, 2.75) is 110 Å². The SMILES string of the molecule is CCCCCCCCCCCCCCCC(=O)NCCC.Cl.Cl.Cl.N.N. The Morgan fingerprint density at radius 3 is 1.27 bits per heavy atom. The van der Waals surface area contributed by atoms with Gasteiger partial charge in [-0.3, -0.25) is 4.79 Å². The third kappa shape index (κ3) is 35.4. The van der Waals surface area contributed by atoms with Gasteiger partial charge in [-0.25, -0.2) is 0 Å². The lowest BCUT2D eigenvalue weighted by Gasteiger charge is -2.04. The zero-order valence-electron chi connectivity index (χ0n) is 17.4. The van der Waals surface area contributed by atoms with E-state index in [0.29, 0.717) is 0 Å². The van der Waals surface area contributed by atoms with Crippen LogP contribution in [0.3, 0.4) is 0 Å². The van der Waals surface area contributed by atoms with Crippen molar-refractivity contribution in [1.82, 2.24) is 17.6 Å². The molecule has 0 rings (SSSR count). The number of carbonyl (C=O) groups excluding carboxylic acids is 1. The second-order valence-corrected chi connectivity index (χ2v) is 6.34. The molecular formula is C19H48Cl3N3O. The first kappa shape index (κ1) is 40.8. The van der Waals surface area contributed by atoms with Gasteiger partial charge in [0.25, 0.3) is 0 Å². The smallest absolute Gasteiger partial charge is 0.219 e. The first-order valence-electron chi connectivity index (χ1n) is 9.58. The topological polar surface area (TPSA) is 99.1 Å². The minimum atomic E-state index is 0. The van der Waals surface area contributed by atoms with E-state index in [0.717, 1.165) is 25.8 Å². The number of rotatable bonds is 16. The Morgan fingerprint density at radius 2 is 0.923 bits per heavy atom. The molecule has 0 saturated carbocycles. The second-order valence-electron chi connectivity index (χ2n) is 6.34. The summed E-state index contributed by atoms with van der Waals surface area (Å²) in [7, 11) is 0. The van der Waals surface area contributed by atoms with E-state index in [4.69, 9.17) is 0 Å². The van der Waals surface area contributed by atoms with Crippen molar-refractivity contribution in [1.29, 1.82) is 0 Å². The Hall–Kier alpha value is 0.260. The van der Waals surface area contributed by atoms with Crippen molar-refractivity contribution in [2.24, 2.45) is 0 Å². The van der Waals surface area contributed by atoms with E-state index in [2.05, 4.69) is 19.2 Å². The van der Waals surface area contributed by atoms with E-state index in [1.165, 1.54) is 77.0 Å². The number of hydrogen-bond donors (Lipinski definition) is 3. The molecule has 0 atom stereocenters. The third-order valence-corrected chi connectivity index (χ3v) is 4.08. The number of halogens is 3. The molecule has 0 spiro atoms. The molecule has 0 saturated heterocycles. The van der Waals surface area contributed by atoms with E-state index < -0.39 is 0 Å². The molecule has 0 aromatic heterocycles. The molecule has 0 aromatic carbocycles. The van der Waals surface area contributed by atoms with Crippen LogP contribution in [-0.2, 0) is 4.79 Å². The fourth-order valence-electron chi connectivity index (χ4n) is 2.66. The van der Waals surface area contributed by atoms with Crippen LogP contribution in [0.4, 0.5) is 0 Å². The molecule has 0 radical (unpaired) electrons. The van der Waals surface area contributed by atoms with Crippen molar-refractivity contribution in [3.8, 4) is 0 Å². The highest BCUT2D eigenvalue weighted by atomic mass is 35.5. The Labute approximate surface area is 182 Å². The highest BCUT2D eigenvalue weighted by Crippen LogP contribution is 2.12. The van der Waals surface area contributed by atoms with Gasteiger partial charge in [0.1, 0.15) is 0 Å². The standard InChI is InChI=1S/C19H39NO.3ClH.2H3N/c1-3-5-6-7-8-9-10-11-12-13-14-15-16-17-19(21)20-18-4-2;;;;;/h3-18H2,1-2H3,(H,20,21);3*1H;2*1H3. The molecule has 0 aliphatic heterocycles. The number of amides is 1. The van der Waals surface area contributed by atoms with Crippen LogP contribution in [0.2, 0.25) is 0 Å². The van der Waals surface area contributed by atoms with Crippen LogP contribution in [0.1, 0.15) is 110 Å². The minimum absolute atomic E-state index is 0.